The molecule has 2 heteroatoms. The minimum Gasteiger partial charge on any atom is -0.316 e. The van der Waals surface area contributed by atoms with Crippen molar-refractivity contribution >= 4 is 16.5 Å². The Morgan fingerprint density at radius 2 is 1.71 bits per heavy atom. The van der Waals surface area contributed by atoms with Crippen molar-refractivity contribution in [3.63, 3.8) is 0 Å². The summed E-state index contributed by atoms with van der Waals surface area (Å²) in [6.45, 7) is 2.04. The maximum Gasteiger partial charge on any atom is 0.0534 e. The predicted octanol–water partition coefficient (Wildman–Crippen LogP) is 4.01. The maximum absolute atomic E-state index is 3.39. The molecule has 0 radical (unpaired) electrons. The summed E-state index contributed by atoms with van der Waals surface area (Å²) >= 11 is 0. The Morgan fingerprint density at radius 1 is 0.905 bits per heavy atom. The molecule has 4 rings (SSSR count). The zero-order chi connectivity index (χ0) is 14.1. The van der Waals surface area contributed by atoms with Gasteiger partial charge in [0.05, 0.1) is 5.52 Å². The number of para-hydroxylation sites is 2. The van der Waals surface area contributed by atoms with E-state index < -0.39 is 0 Å². The largest absolute Gasteiger partial charge is 0.316 e. The summed E-state index contributed by atoms with van der Waals surface area (Å²) in [6.07, 6.45) is 5.71. The van der Waals surface area contributed by atoms with Gasteiger partial charge < -0.3 is 9.88 Å². The summed E-state index contributed by atoms with van der Waals surface area (Å²) in [4.78, 5) is 0. The SMILES string of the molecule is C1=C(c2cn(-c3ccccc3)c3ccccc23)CCNC1. The molecule has 1 aliphatic rings. The lowest BCUT2D eigenvalue weighted by Gasteiger charge is -2.13. The Labute approximate surface area is 124 Å². The third kappa shape index (κ3) is 2.18. The number of hydrogen-bond acceptors (Lipinski definition) is 1. The standard InChI is InChI=1S/C19H18N2/c1-2-6-16(7-3-1)21-14-18(15-10-12-20-13-11-15)17-8-4-5-9-19(17)21/h1-10,14,20H,11-13H2. The van der Waals surface area contributed by atoms with Crippen LogP contribution in [0.5, 0.6) is 0 Å². The second-order valence-corrected chi connectivity index (χ2v) is 5.45. The molecule has 0 unspecified atom stereocenters. The Morgan fingerprint density at radius 3 is 2.52 bits per heavy atom. The molecule has 2 nitrogen and oxygen atoms in total. The molecule has 0 amide bonds. The third-order valence-corrected chi connectivity index (χ3v) is 4.16. The molecule has 0 fully saturated rings. The average molecular weight is 274 g/mol. The van der Waals surface area contributed by atoms with E-state index in [9.17, 15) is 0 Å². The Hall–Kier alpha value is -2.32. The molecule has 2 aromatic carbocycles. The van der Waals surface area contributed by atoms with Crippen molar-refractivity contribution in [3.8, 4) is 5.69 Å². The van der Waals surface area contributed by atoms with Gasteiger partial charge in [-0.15, -0.1) is 0 Å². The van der Waals surface area contributed by atoms with E-state index in [1.807, 2.05) is 0 Å². The van der Waals surface area contributed by atoms with E-state index in [4.69, 9.17) is 0 Å². The van der Waals surface area contributed by atoms with Gasteiger partial charge in [-0.25, -0.2) is 0 Å². The van der Waals surface area contributed by atoms with Gasteiger partial charge in [0.2, 0.25) is 0 Å². The number of aromatic nitrogens is 1. The Bertz CT molecular complexity index is 797. The molecule has 104 valence electrons. The highest BCUT2D eigenvalue weighted by molar-refractivity contribution is 5.94. The fraction of sp³-hybridized carbons (Fsp3) is 0.158. The van der Waals surface area contributed by atoms with Crippen LogP contribution in [0.4, 0.5) is 0 Å². The van der Waals surface area contributed by atoms with Gasteiger partial charge in [0, 0.05) is 29.4 Å². The van der Waals surface area contributed by atoms with E-state index in [0.717, 1.165) is 19.5 Å². The molecule has 0 saturated heterocycles. The van der Waals surface area contributed by atoms with E-state index in [-0.39, 0.29) is 0 Å². The topological polar surface area (TPSA) is 17.0 Å². The van der Waals surface area contributed by atoms with Crippen LogP contribution in [0.15, 0.2) is 66.9 Å². The number of rotatable bonds is 2. The monoisotopic (exact) mass is 274 g/mol. The minimum atomic E-state index is 0.972. The van der Waals surface area contributed by atoms with E-state index in [0.29, 0.717) is 0 Å². The van der Waals surface area contributed by atoms with Crippen LogP contribution < -0.4 is 5.32 Å². The van der Waals surface area contributed by atoms with Crippen LogP contribution in [0.25, 0.3) is 22.2 Å². The van der Waals surface area contributed by atoms with Gasteiger partial charge >= 0.3 is 0 Å². The number of fused-ring (bicyclic) bond motifs is 1. The van der Waals surface area contributed by atoms with Crippen molar-refractivity contribution in [2.75, 3.05) is 13.1 Å². The summed E-state index contributed by atoms with van der Waals surface area (Å²) in [5, 5.41) is 4.73. The first-order valence-corrected chi connectivity index (χ1v) is 7.49. The molecule has 2 heterocycles. The summed E-state index contributed by atoms with van der Waals surface area (Å²) in [5.41, 5.74) is 5.32. The second-order valence-electron chi connectivity index (χ2n) is 5.45. The summed E-state index contributed by atoms with van der Waals surface area (Å²) in [7, 11) is 0. The van der Waals surface area contributed by atoms with Crippen LogP contribution in [0.3, 0.4) is 0 Å². The molecule has 1 aliphatic heterocycles. The lowest BCUT2D eigenvalue weighted by Crippen LogP contribution is -2.19. The van der Waals surface area contributed by atoms with Crippen LogP contribution in [0.1, 0.15) is 12.0 Å². The van der Waals surface area contributed by atoms with E-state index in [2.05, 4.69) is 76.8 Å². The highest BCUT2D eigenvalue weighted by Crippen LogP contribution is 2.31. The van der Waals surface area contributed by atoms with E-state index in [1.165, 1.54) is 27.7 Å². The van der Waals surface area contributed by atoms with Gasteiger partial charge in [-0.05, 0) is 36.7 Å². The van der Waals surface area contributed by atoms with Crippen molar-refractivity contribution in [2.24, 2.45) is 0 Å². The smallest absolute Gasteiger partial charge is 0.0534 e. The maximum atomic E-state index is 3.39. The second kappa shape index (κ2) is 5.23. The van der Waals surface area contributed by atoms with Crippen LogP contribution in [0, 0.1) is 0 Å². The molecule has 0 aliphatic carbocycles. The molecular formula is C19H18N2. The first-order valence-electron chi connectivity index (χ1n) is 7.49. The summed E-state index contributed by atoms with van der Waals surface area (Å²) < 4.78 is 2.30. The third-order valence-electron chi connectivity index (χ3n) is 4.16. The molecule has 1 N–H and O–H groups in total. The normalized spacial score (nSPS) is 15.1. The average Bonchev–Trinajstić information content (AvgIpc) is 2.96. The molecule has 1 aromatic heterocycles. The number of nitrogens with zero attached hydrogens (tertiary/aromatic N) is 1. The van der Waals surface area contributed by atoms with Crippen molar-refractivity contribution < 1.29 is 0 Å². The van der Waals surface area contributed by atoms with Gasteiger partial charge in [0.25, 0.3) is 0 Å². The lowest BCUT2D eigenvalue weighted by atomic mass is 10.00. The first kappa shape index (κ1) is 12.4. The first-order chi connectivity index (χ1) is 10.4. The zero-order valence-electron chi connectivity index (χ0n) is 11.9. The van der Waals surface area contributed by atoms with Crippen LogP contribution in [-0.4, -0.2) is 17.7 Å². The van der Waals surface area contributed by atoms with E-state index >= 15 is 0 Å². The van der Waals surface area contributed by atoms with Gasteiger partial charge in [0.15, 0.2) is 0 Å². The highest BCUT2D eigenvalue weighted by atomic mass is 15.0. The number of nitrogens with one attached hydrogen (secondary N) is 1. The fourth-order valence-electron chi connectivity index (χ4n) is 3.10. The van der Waals surface area contributed by atoms with Crippen LogP contribution in [0.2, 0.25) is 0 Å². The van der Waals surface area contributed by atoms with Crippen molar-refractivity contribution in [3.05, 3.63) is 72.4 Å². The van der Waals surface area contributed by atoms with Crippen molar-refractivity contribution in [2.45, 2.75) is 6.42 Å². The molecule has 0 atom stereocenters. The molecule has 21 heavy (non-hydrogen) atoms. The summed E-state index contributed by atoms with van der Waals surface area (Å²) in [5.74, 6) is 0. The molecule has 0 bridgehead atoms. The van der Waals surface area contributed by atoms with E-state index in [1.54, 1.807) is 0 Å². The lowest BCUT2D eigenvalue weighted by molar-refractivity contribution is 0.739. The van der Waals surface area contributed by atoms with Gasteiger partial charge in [-0.1, -0.05) is 42.5 Å². The van der Waals surface area contributed by atoms with Gasteiger partial charge in [0.1, 0.15) is 0 Å². The molecule has 3 aromatic rings. The highest BCUT2D eigenvalue weighted by Gasteiger charge is 2.14. The zero-order valence-corrected chi connectivity index (χ0v) is 11.9. The molecule has 0 spiro atoms. The Balaban J connectivity index is 1.95. The molecule has 0 saturated carbocycles. The fourth-order valence-corrected chi connectivity index (χ4v) is 3.10. The van der Waals surface area contributed by atoms with Crippen molar-refractivity contribution in [1.82, 2.24) is 9.88 Å². The summed E-state index contributed by atoms with van der Waals surface area (Å²) in [6, 6.07) is 19.2. The minimum absolute atomic E-state index is 0.972. The van der Waals surface area contributed by atoms with Gasteiger partial charge in [-0.3, -0.25) is 0 Å². The Kier molecular flexibility index (Phi) is 3.09. The van der Waals surface area contributed by atoms with Crippen LogP contribution >= 0.6 is 0 Å². The quantitative estimate of drug-likeness (QED) is 0.747. The molecular weight excluding hydrogens is 256 g/mol. The predicted molar refractivity (Wildman–Crippen MR) is 88.7 cm³/mol. The van der Waals surface area contributed by atoms with Crippen LogP contribution in [-0.2, 0) is 0 Å². The van der Waals surface area contributed by atoms with Crippen molar-refractivity contribution in [1.29, 1.82) is 0 Å². The van der Waals surface area contributed by atoms with Gasteiger partial charge in [-0.2, -0.15) is 0 Å². The number of hydrogen-bond donors (Lipinski definition) is 1. The number of benzene rings is 2.